The number of unbranched alkanes of at least 4 members (excludes halogenated alkanes) is 4. The van der Waals surface area contributed by atoms with E-state index in [9.17, 15) is 60.0 Å². The van der Waals surface area contributed by atoms with Gasteiger partial charge in [-0.05, 0) is 111 Å². The zero-order chi connectivity index (χ0) is 79.7. The summed E-state index contributed by atoms with van der Waals surface area (Å²) in [5.74, 6) is -1.43. The summed E-state index contributed by atoms with van der Waals surface area (Å²) in [7, 11) is -21.3. The van der Waals surface area contributed by atoms with Crippen molar-refractivity contribution in [3.8, 4) is 0 Å². The Kier molecular flexibility index (Phi) is 34.3. The van der Waals surface area contributed by atoms with E-state index in [1.807, 2.05) is 195 Å². The number of hydrogen-bond acceptors (Lipinski definition) is 6. The zero-order valence-electron chi connectivity index (χ0n) is 60.1. The van der Waals surface area contributed by atoms with Gasteiger partial charge in [0.2, 0.25) is 0 Å². The maximum atomic E-state index is 10.6. The van der Waals surface area contributed by atoms with Gasteiger partial charge < -0.3 is 52.7 Å². The Morgan fingerprint density at radius 3 is 0.973 bits per heavy atom. The summed E-state index contributed by atoms with van der Waals surface area (Å²) in [6, 6.07) is 24.8. The van der Waals surface area contributed by atoms with Crippen molar-refractivity contribution in [1.29, 1.82) is 0 Å². The molecule has 112 heavy (non-hydrogen) atoms. The van der Waals surface area contributed by atoms with Crippen molar-refractivity contribution in [3.63, 3.8) is 0 Å². The van der Waals surface area contributed by atoms with Crippen LogP contribution in [0.2, 0.25) is 0 Å². The number of para-hydroxylation sites is 2. The van der Waals surface area contributed by atoms with Gasteiger partial charge in [-0.25, -0.2) is 4.99 Å². The molecule has 592 valence electrons. The fraction of sp³-hybridized carbons (Fsp3) is 0.175. The Bertz CT molecular complexity index is 4260. The fourth-order valence-corrected chi connectivity index (χ4v) is 10.4. The first-order chi connectivity index (χ1) is 52.0. The minimum Gasteiger partial charge on any atom is -0.481 e. The third-order valence-electron chi connectivity index (χ3n) is 15.3. The van der Waals surface area contributed by atoms with Gasteiger partial charge in [0.1, 0.15) is 0 Å². The summed E-state index contributed by atoms with van der Waals surface area (Å²) in [5, 5.41) is 50.8. The molecule has 0 bridgehead atoms. The van der Waals surface area contributed by atoms with E-state index < -0.39 is 27.6 Å². The van der Waals surface area contributed by atoms with E-state index in [2.05, 4.69) is 108 Å². The van der Waals surface area contributed by atoms with Crippen molar-refractivity contribution in [3.05, 3.63) is 402 Å². The van der Waals surface area contributed by atoms with Crippen LogP contribution in [0.5, 0.6) is 0 Å². The van der Waals surface area contributed by atoms with Gasteiger partial charge in [-0.15, -0.1) is 0 Å². The minimum absolute atomic E-state index is 0. The topological polar surface area (TPSA) is 238 Å². The standard InChI is InChI=1S/C21H24N2O2.C19H20N2O2.4C10H8N2.2F6P.2Ru/c1-21(2)16-9-6-7-10-17(16)23-20(21)18-14-15(12-13-22-18)8-4-3-5-11-19(24)25;22-19(23)9-3-1-2-6-14-10-11-20-17(12-14)18-13-15-7-4-5-8-16(15)21-18;4*1-3-7-11-9(5-1)10-6-2-4-8-12-10;2*1-7(2,3,4,5)6;;/h6-7,9-10,12-14H,3-5,8,11H2,1-2H3,(H,24,25);4-5,7-8,10-12H,1-3,6,9,13H2,(H,22,23);4*1-8H;;;;/q;;4*-2;2*-1;2*+4. The number of nitrogens with zero attached hydrogens (tertiary/aromatic N) is 12. The Labute approximate surface area is 667 Å². The van der Waals surface area contributed by atoms with Crippen molar-refractivity contribution in [1.82, 2.24) is 9.97 Å². The number of benzene rings is 2. The number of aliphatic carboxylic acids is 2. The average molecular weight is 1760 g/mol. The van der Waals surface area contributed by atoms with Crippen molar-refractivity contribution in [2.75, 3.05) is 0 Å². The van der Waals surface area contributed by atoms with Crippen molar-refractivity contribution < 1.29 is 109 Å². The molecule has 0 radical (unpaired) electrons. The van der Waals surface area contributed by atoms with Gasteiger partial charge >= 0.3 is 117 Å². The van der Waals surface area contributed by atoms with E-state index >= 15 is 0 Å². The Balaban J connectivity index is 0.000000237. The molecule has 0 unspecified atom stereocenters. The van der Waals surface area contributed by atoms with Crippen LogP contribution in [0.4, 0.5) is 61.7 Å². The molecular weight excluding hydrogens is 1690 g/mol. The van der Waals surface area contributed by atoms with Crippen LogP contribution >= 0.6 is 15.6 Å². The first-order valence-electron chi connectivity index (χ1n) is 34.1. The molecule has 0 saturated carbocycles. The van der Waals surface area contributed by atoms with Crippen LogP contribution in [0.1, 0.15) is 98.9 Å². The predicted molar refractivity (Wildman–Crippen MR) is 418 cm³/mol. The van der Waals surface area contributed by atoms with Crippen LogP contribution in [-0.2, 0) is 73.2 Å². The number of pyridine rings is 2. The molecule has 0 spiro atoms. The molecule has 12 heterocycles. The van der Waals surface area contributed by atoms with Crippen LogP contribution in [0.25, 0.3) is 42.5 Å². The maximum absolute atomic E-state index is 10.7. The van der Waals surface area contributed by atoms with Crippen molar-refractivity contribution in [2.45, 2.75) is 89.9 Å². The van der Waals surface area contributed by atoms with Crippen LogP contribution in [0.3, 0.4) is 0 Å². The molecule has 4 aromatic rings. The number of carboxylic acids is 2. The van der Waals surface area contributed by atoms with Gasteiger partial charge in [-0.1, -0.05) is 195 Å². The zero-order valence-corrected chi connectivity index (χ0v) is 65.3. The maximum Gasteiger partial charge on any atom is 4.00 e. The number of aryl methyl sites for hydroxylation is 2. The molecule has 10 aliphatic heterocycles. The molecule has 14 rings (SSSR count). The predicted octanol–water partition coefficient (Wildman–Crippen LogP) is 27.8. The third kappa shape index (κ3) is 37.9. The number of carbonyl (C=O) groups is 2. The van der Waals surface area contributed by atoms with E-state index in [-0.39, 0.29) is 57.2 Å². The average Bonchev–Trinajstić information content (AvgIpc) is 1.66. The first-order valence-corrected chi connectivity index (χ1v) is 38.1. The normalized spacial score (nSPS) is 19.7. The molecule has 0 saturated heterocycles. The Hall–Kier alpha value is -10.5. The van der Waals surface area contributed by atoms with Crippen molar-refractivity contribution >= 4 is 50.4 Å². The summed E-state index contributed by atoms with van der Waals surface area (Å²) >= 11 is 0. The van der Waals surface area contributed by atoms with E-state index in [1.54, 1.807) is 49.6 Å². The molecule has 0 fully saturated rings. The van der Waals surface area contributed by atoms with Crippen LogP contribution in [0.15, 0.2) is 336 Å². The number of allylic oxidation sites excluding steroid dienone is 24. The van der Waals surface area contributed by atoms with Crippen LogP contribution in [-0.4, -0.2) is 43.5 Å². The van der Waals surface area contributed by atoms with Gasteiger partial charge in [-0.3, -0.25) is 24.5 Å². The number of aromatic nitrogens is 2. The molecule has 2 aromatic heterocycles. The van der Waals surface area contributed by atoms with Crippen molar-refractivity contribution in [2.24, 2.45) is 9.98 Å². The molecule has 16 nitrogen and oxygen atoms in total. The third-order valence-corrected chi connectivity index (χ3v) is 15.3. The van der Waals surface area contributed by atoms with Crippen LogP contribution in [0, 0.1) is 0 Å². The second-order valence-electron chi connectivity index (χ2n) is 24.6. The number of fused-ring (bicyclic) bond motifs is 2. The van der Waals surface area contributed by atoms with E-state index in [0.29, 0.717) is 0 Å². The van der Waals surface area contributed by atoms with Gasteiger partial charge in [-0.2, -0.15) is 95.2 Å². The number of carboxylic acid groups (broad SMARTS) is 2. The van der Waals surface area contributed by atoms with E-state index in [1.165, 1.54) is 22.3 Å². The Morgan fingerprint density at radius 2 is 0.679 bits per heavy atom. The molecule has 0 aliphatic carbocycles. The second kappa shape index (κ2) is 41.7. The quantitative estimate of drug-likeness (QED) is 0.0538. The largest absolute Gasteiger partial charge is 4.00 e. The number of rotatable bonds is 14. The number of hydrogen-bond donors (Lipinski definition) is 2. The summed E-state index contributed by atoms with van der Waals surface area (Å²) in [4.78, 5) is 39.6. The van der Waals surface area contributed by atoms with Crippen LogP contribution < -0.4 is 0 Å². The molecule has 10 aliphatic rings. The first kappa shape index (κ1) is 92.1. The fourth-order valence-electron chi connectivity index (χ4n) is 10.4. The molecule has 2 N–H and O–H groups in total. The summed E-state index contributed by atoms with van der Waals surface area (Å²) in [6.07, 6.45) is 72.8. The number of aliphatic imine (C=N–C) groups is 2. The SMILES string of the molecule is C1=C[N-]C(=C2C=CC=C[N-]2)C=C1.C1=C[N-]C(=C2C=CC=C[N-]2)C=C1.C1=C[N-]C(=C2C=CC=C[N-]2)C=C1.C1=C[N-]C(=C2C=CC=C[N-]2)C=C1.CC1(C)C(c2cc(CCCCCC(=O)O)ccn2)=Nc2ccccc21.F[P-](F)(F)(F)(F)F.F[P-](F)(F)(F)(F)F.O=C(O)CCCCCc1ccnc(C2=Nc3ccccc3C2)c1.[Ru+4].[Ru+4]. The summed E-state index contributed by atoms with van der Waals surface area (Å²) in [6.45, 7) is 4.38. The Morgan fingerprint density at radius 1 is 0.384 bits per heavy atom. The summed E-state index contributed by atoms with van der Waals surface area (Å²) < 4.78 is 118. The molecule has 0 amide bonds. The van der Waals surface area contributed by atoms with Gasteiger partial charge in [0.25, 0.3) is 0 Å². The minimum atomic E-state index is -10.7. The molecule has 0 atom stereocenters. The van der Waals surface area contributed by atoms with Gasteiger partial charge in [0, 0.05) is 37.1 Å². The summed E-state index contributed by atoms with van der Waals surface area (Å²) in [5.41, 5.74) is 18.1. The van der Waals surface area contributed by atoms with Gasteiger partial charge in [0.05, 0.1) is 34.2 Å². The molecule has 32 heteroatoms. The second-order valence-corrected chi connectivity index (χ2v) is 28.4. The molecule has 2 aromatic carbocycles. The monoisotopic (exact) mass is 1760 g/mol. The van der Waals surface area contributed by atoms with E-state index in [0.717, 1.165) is 138 Å². The smallest absolute Gasteiger partial charge is 0.481 e. The van der Waals surface area contributed by atoms with Gasteiger partial charge in [0.15, 0.2) is 0 Å². The number of halogens is 12. The van der Waals surface area contributed by atoms with E-state index in [4.69, 9.17) is 15.2 Å². The molecular formula is C80H76F12N12O4P2Ru2-2.